The van der Waals surface area contributed by atoms with Crippen LogP contribution in [0.4, 0.5) is 5.82 Å². The zero-order chi connectivity index (χ0) is 18.2. The second-order valence-electron chi connectivity index (χ2n) is 6.31. The maximum absolute atomic E-state index is 12.5. The van der Waals surface area contributed by atoms with Gasteiger partial charge in [0.05, 0.1) is 25.6 Å². The number of carbonyl (C=O) groups excluding carboxylic acids is 1. The van der Waals surface area contributed by atoms with Gasteiger partial charge in [-0.05, 0) is 5.56 Å². The van der Waals surface area contributed by atoms with E-state index in [1.165, 1.54) is 6.20 Å². The van der Waals surface area contributed by atoms with Crippen LogP contribution in [0.25, 0.3) is 0 Å². The third-order valence-electron chi connectivity index (χ3n) is 4.32. The van der Waals surface area contributed by atoms with Crippen LogP contribution in [0.3, 0.4) is 0 Å². The van der Waals surface area contributed by atoms with Gasteiger partial charge < -0.3 is 15.0 Å². The smallest absolute Gasteiger partial charge is 0.274 e. The Bertz CT molecular complexity index is 687. The average molecular weight is 355 g/mol. The Morgan fingerprint density at radius 3 is 2.65 bits per heavy atom. The van der Waals surface area contributed by atoms with E-state index in [4.69, 9.17) is 4.74 Å². The van der Waals surface area contributed by atoms with E-state index in [0.29, 0.717) is 18.1 Å². The first kappa shape index (κ1) is 18.3. The fraction of sp³-hybridized carbons (Fsp3) is 0.421. The lowest BCUT2D eigenvalue weighted by molar-refractivity contribution is 0.0398. The summed E-state index contributed by atoms with van der Waals surface area (Å²) in [6, 6.07) is 9.88. The number of hydrogen-bond acceptors (Lipinski definition) is 6. The molecule has 0 unspecified atom stereocenters. The molecule has 1 aromatic carbocycles. The molecule has 2 aromatic rings. The van der Waals surface area contributed by atoms with Gasteiger partial charge in [0, 0.05) is 39.8 Å². The summed E-state index contributed by atoms with van der Waals surface area (Å²) in [6.45, 7) is 5.80. The van der Waals surface area contributed by atoms with Crippen LogP contribution in [-0.4, -0.2) is 72.1 Å². The van der Waals surface area contributed by atoms with Crippen molar-refractivity contribution in [3.63, 3.8) is 0 Å². The molecule has 0 aliphatic carbocycles. The summed E-state index contributed by atoms with van der Waals surface area (Å²) in [5.41, 5.74) is 1.43. The number of amides is 1. The van der Waals surface area contributed by atoms with Gasteiger partial charge in [-0.25, -0.2) is 9.97 Å². The van der Waals surface area contributed by atoms with Crippen LogP contribution in [-0.2, 0) is 11.3 Å². The minimum Gasteiger partial charge on any atom is -0.379 e. The highest BCUT2D eigenvalue weighted by atomic mass is 16.5. The predicted molar refractivity (Wildman–Crippen MR) is 100 cm³/mol. The first-order valence-corrected chi connectivity index (χ1v) is 8.88. The maximum Gasteiger partial charge on any atom is 0.274 e. The van der Waals surface area contributed by atoms with Gasteiger partial charge in [0.25, 0.3) is 5.91 Å². The molecule has 0 radical (unpaired) electrons. The molecule has 1 amide bonds. The van der Waals surface area contributed by atoms with Crippen LogP contribution in [0.15, 0.2) is 42.7 Å². The van der Waals surface area contributed by atoms with Crippen molar-refractivity contribution in [2.24, 2.45) is 0 Å². The lowest BCUT2D eigenvalue weighted by atomic mass is 10.2. The average Bonchev–Trinajstić information content (AvgIpc) is 2.69. The predicted octanol–water partition coefficient (Wildman–Crippen LogP) is 1.49. The summed E-state index contributed by atoms with van der Waals surface area (Å²) in [7, 11) is 1.77. The van der Waals surface area contributed by atoms with Crippen molar-refractivity contribution in [2.45, 2.75) is 6.54 Å². The Morgan fingerprint density at radius 2 is 1.96 bits per heavy atom. The van der Waals surface area contributed by atoms with Crippen molar-refractivity contribution in [1.29, 1.82) is 0 Å². The molecule has 26 heavy (non-hydrogen) atoms. The molecule has 1 aliphatic rings. The van der Waals surface area contributed by atoms with Crippen LogP contribution < -0.4 is 5.32 Å². The van der Waals surface area contributed by atoms with E-state index >= 15 is 0 Å². The summed E-state index contributed by atoms with van der Waals surface area (Å²) in [5.74, 6) is 0.543. The number of nitrogens with one attached hydrogen (secondary N) is 1. The quantitative estimate of drug-likeness (QED) is 0.812. The minimum atomic E-state index is -0.138. The molecule has 2 heterocycles. The summed E-state index contributed by atoms with van der Waals surface area (Å²) >= 11 is 0. The van der Waals surface area contributed by atoms with Gasteiger partial charge in [-0.1, -0.05) is 30.3 Å². The van der Waals surface area contributed by atoms with Gasteiger partial charge >= 0.3 is 0 Å². The van der Waals surface area contributed by atoms with E-state index in [-0.39, 0.29) is 5.91 Å². The minimum absolute atomic E-state index is 0.138. The highest BCUT2D eigenvalue weighted by Gasteiger charge is 2.14. The number of morpholine rings is 1. The number of hydrogen-bond donors (Lipinski definition) is 1. The van der Waals surface area contributed by atoms with Crippen molar-refractivity contribution < 1.29 is 9.53 Å². The van der Waals surface area contributed by atoms with Crippen LogP contribution in [0.5, 0.6) is 0 Å². The largest absolute Gasteiger partial charge is 0.379 e. The number of carbonyl (C=O) groups is 1. The summed E-state index contributed by atoms with van der Waals surface area (Å²) < 4.78 is 5.34. The van der Waals surface area contributed by atoms with E-state index in [1.54, 1.807) is 18.1 Å². The zero-order valence-electron chi connectivity index (χ0n) is 15.1. The molecule has 1 N–H and O–H groups in total. The first-order valence-electron chi connectivity index (χ1n) is 8.88. The number of anilines is 1. The molecule has 1 saturated heterocycles. The normalized spacial score (nSPS) is 14.8. The number of ether oxygens (including phenoxy) is 1. The van der Waals surface area contributed by atoms with E-state index < -0.39 is 0 Å². The van der Waals surface area contributed by atoms with Crippen LogP contribution >= 0.6 is 0 Å². The lowest BCUT2D eigenvalue weighted by Crippen LogP contribution is -2.39. The molecule has 1 fully saturated rings. The van der Waals surface area contributed by atoms with Crippen LogP contribution in [0.1, 0.15) is 16.1 Å². The third kappa shape index (κ3) is 5.24. The van der Waals surface area contributed by atoms with Crippen LogP contribution in [0, 0.1) is 0 Å². The highest BCUT2D eigenvalue weighted by molar-refractivity contribution is 5.91. The van der Waals surface area contributed by atoms with Gasteiger partial charge in [0.15, 0.2) is 0 Å². The zero-order valence-corrected chi connectivity index (χ0v) is 15.1. The Balaban J connectivity index is 1.47. The Morgan fingerprint density at radius 1 is 1.19 bits per heavy atom. The molecular weight excluding hydrogens is 330 g/mol. The topological polar surface area (TPSA) is 70.6 Å². The molecule has 138 valence electrons. The van der Waals surface area contributed by atoms with E-state index in [0.717, 1.165) is 45.0 Å². The second-order valence-corrected chi connectivity index (χ2v) is 6.31. The van der Waals surface area contributed by atoms with Gasteiger partial charge in [0.1, 0.15) is 11.5 Å². The molecule has 7 nitrogen and oxygen atoms in total. The SMILES string of the molecule is CN(Cc1ccccc1)C(=O)c1cnc(NCCN2CCOCC2)cn1. The number of benzene rings is 1. The van der Waals surface area contributed by atoms with Crippen molar-refractivity contribution in [3.05, 3.63) is 54.0 Å². The fourth-order valence-corrected chi connectivity index (χ4v) is 2.82. The molecule has 1 aromatic heterocycles. The van der Waals surface area contributed by atoms with E-state index in [2.05, 4.69) is 20.2 Å². The Labute approximate surface area is 154 Å². The number of rotatable bonds is 7. The maximum atomic E-state index is 12.5. The molecule has 3 rings (SSSR count). The Kier molecular flexibility index (Phi) is 6.51. The van der Waals surface area contributed by atoms with Gasteiger partial charge in [-0.3, -0.25) is 9.69 Å². The van der Waals surface area contributed by atoms with Gasteiger partial charge in [-0.2, -0.15) is 0 Å². The lowest BCUT2D eigenvalue weighted by Gasteiger charge is -2.26. The molecule has 0 spiro atoms. The summed E-state index contributed by atoms with van der Waals surface area (Å²) in [4.78, 5) is 25.0. The molecule has 0 bridgehead atoms. The molecule has 0 saturated carbocycles. The third-order valence-corrected chi connectivity index (χ3v) is 4.32. The molecule has 1 aliphatic heterocycles. The number of nitrogens with zero attached hydrogens (tertiary/aromatic N) is 4. The van der Waals surface area contributed by atoms with Crippen molar-refractivity contribution >= 4 is 11.7 Å². The highest BCUT2D eigenvalue weighted by Crippen LogP contribution is 2.08. The van der Waals surface area contributed by atoms with E-state index in [1.807, 2.05) is 30.3 Å². The van der Waals surface area contributed by atoms with Crippen molar-refractivity contribution in [3.8, 4) is 0 Å². The number of aromatic nitrogens is 2. The van der Waals surface area contributed by atoms with Crippen molar-refractivity contribution in [1.82, 2.24) is 19.8 Å². The Hall–Kier alpha value is -2.51. The standard InChI is InChI=1S/C19H25N5O2/c1-23(15-16-5-3-2-4-6-16)19(25)17-13-22-18(14-21-17)20-7-8-24-9-11-26-12-10-24/h2-6,13-14H,7-12,15H2,1H3,(H,20,22). The molecular formula is C19H25N5O2. The van der Waals surface area contributed by atoms with E-state index in [9.17, 15) is 4.79 Å². The van der Waals surface area contributed by atoms with Gasteiger partial charge in [-0.15, -0.1) is 0 Å². The fourth-order valence-electron chi connectivity index (χ4n) is 2.82. The van der Waals surface area contributed by atoms with Gasteiger partial charge in [0.2, 0.25) is 0 Å². The first-order chi connectivity index (χ1) is 12.7. The molecule has 7 heteroatoms. The van der Waals surface area contributed by atoms with Crippen LogP contribution in [0.2, 0.25) is 0 Å². The van der Waals surface area contributed by atoms with Crippen molar-refractivity contribution in [2.75, 3.05) is 51.8 Å². The summed E-state index contributed by atoms with van der Waals surface area (Å²) in [6.07, 6.45) is 3.14. The monoisotopic (exact) mass is 355 g/mol. The molecule has 0 atom stereocenters. The summed E-state index contributed by atoms with van der Waals surface area (Å²) in [5, 5.41) is 3.25. The second kappa shape index (κ2) is 9.26.